The van der Waals surface area contributed by atoms with Crippen LogP contribution in [0.4, 0.5) is 5.82 Å². The van der Waals surface area contributed by atoms with E-state index in [1.165, 1.54) is 5.56 Å². The van der Waals surface area contributed by atoms with Crippen molar-refractivity contribution in [2.45, 2.75) is 32.3 Å². The Hall–Kier alpha value is -2.84. The first-order valence-corrected chi connectivity index (χ1v) is 10.1. The highest BCUT2D eigenvalue weighted by Crippen LogP contribution is 2.36. The SMILES string of the molecule is N#Cc1c(N)nc2c(c1-c1ccc(OCc3ccc(Br)cc3)cc1)CCCC2. The molecule has 1 aliphatic rings. The molecule has 0 radical (unpaired) electrons. The van der Waals surface area contributed by atoms with Crippen LogP contribution in [0.15, 0.2) is 53.0 Å². The number of rotatable bonds is 4. The molecule has 0 unspecified atom stereocenters. The predicted molar refractivity (Wildman–Crippen MR) is 114 cm³/mol. The average molecular weight is 434 g/mol. The Bertz CT molecular complexity index is 1040. The van der Waals surface area contributed by atoms with Crippen LogP contribution in [-0.4, -0.2) is 4.98 Å². The van der Waals surface area contributed by atoms with E-state index in [9.17, 15) is 5.26 Å². The number of halogens is 1. The van der Waals surface area contributed by atoms with Gasteiger partial charge in [0.05, 0.1) is 0 Å². The number of nitrogens with zero attached hydrogens (tertiary/aromatic N) is 2. The summed E-state index contributed by atoms with van der Waals surface area (Å²) in [6.45, 7) is 0.508. The average Bonchev–Trinajstić information content (AvgIpc) is 2.73. The van der Waals surface area contributed by atoms with Crippen LogP contribution in [-0.2, 0) is 19.4 Å². The van der Waals surface area contributed by atoms with E-state index in [1.807, 2.05) is 48.5 Å². The third-order valence-corrected chi connectivity index (χ3v) is 5.60. The minimum Gasteiger partial charge on any atom is -0.489 e. The van der Waals surface area contributed by atoms with E-state index in [-0.39, 0.29) is 0 Å². The molecule has 0 amide bonds. The van der Waals surface area contributed by atoms with E-state index in [2.05, 4.69) is 27.0 Å². The van der Waals surface area contributed by atoms with Gasteiger partial charge in [0.25, 0.3) is 0 Å². The Balaban J connectivity index is 1.61. The molecule has 0 saturated carbocycles. The minimum atomic E-state index is 0.328. The van der Waals surface area contributed by atoms with Gasteiger partial charge in [0.1, 0.15) is 29.8 Å². The number of aryl methyl sites for hydroxylation is 1. The lowest BCUT2D eigenvalue weighted by Crippen LogP contribution is -2.11. The Labute approximate surface area is 173 Å². The Morgan fingerprint density at radius 3 is 2.46 bits per heavy atom. The molecular weight excluding hydrogens is 414 g/mol. The molecule has 1 heterocycles. The highest BCUT2D eigenvalue weighted by molar-refractivity contribution is 9.10. The number of hydrogen-bond acceptors (Lipinski definition) is 4. The molecule has 0 saturated heterocycles. The number of nitrogen functional groups attached to an aromatic ring is 1. The summed E-state index contributed by atoms with van der Waals surface area (Å²) < 4.78 is 6.95. The zero-order valence-corrected chi connectivity index (χ0v) is 17.0. The van der Waals surface area contributed by atoms with Gasteiger partial charge < -0.3 is 10.5 Å². The number of anilines is 1. The van der Waals surface area contributed by atoms with Crippen LogP contribution in [0.5, 0.6) is 5.75 Å². The second-order valence-corrected chi connectivity index (χ2v) is 7.85. The summed E-state index contributed by atoms with van der Waals surface area (Å²) in [5.41, 5.74) is 11.8. The number of fused-ring (bicyclic) bond motifs is 1. The smallest absolute Gasteiger partial charge is 0.142 e. The van der Waals surface area contributed by atoms with Crippen molar-refractivity contribution < 1.29 is 4.74 Å². The van der Waals surface area contributed by atoms with Gasteiger partial charge in [-0.05, 0) is 66.6 Å². The number of pyridine rings is 1. The molecule has 0 spiro atoms. The molecule has 0 bridgehead atoms. The van der Waals surface area contributed by atoms with E-state index >= 15 is 0 Å². The maximum absolute atomic E-state index is 9.65. The molecule has 1 aliphatic carbocycles. The van der Waals surface area contributed by atoms with Gasteiger partial charge in [-0.1, -0.05) is 40.2 Å². The summed E-state index contributed by atoms with van der Waals surface area (Å²) in [6.07, 6.45) is 4.10. The Morgan fingerprint density at radius 1 is 1.04 bits per heavy atom. The van der Waals surface area contributed by atoms with Crippen molar-refractivity contribution in [3.05, 3.63) is 75.4 Å². The lowest BCUT2D eigenvalue weighted by atomic mass is 9.86. The van der Waals surface area contributed by atoms with Crippen molar-refractivity contribution in [1.29, 1.82) is 5.26 Å². The molecule has 140 valence electrons. The zero-order valence-electron chi connectivity index (χ0n) is 15.4. The van der Waals surface area contributed by atoms with E-state index in [0.717, 1.165) is 58.3 Å². The summed E-state index contributed by atoms with van der Waals surface area (Å²) in [4.78, 5) is 4.48. The summed E-state index contributed by atoms with van der Waals surface area (Å²) in [5.74, 6) is 1.12. The summed E-state index contributed by atoms with van der Waals surface area (Å²) in [7, 11) is 0. The van der Waals surface area contributed by atoms with Crippen molar-refractivity contribution in [1.82, 2.24) is 4.98 Å². The maximum atomic E-state index is 9.65. The summed E-state index contributed by atoms with van der Waals surface area (Å²) >= 11 is 3.44. The van der Waals surface area contributed by atoms with Gasteiger partial charge in [-0.3, -0.25) is 0 Å². The van der Waals surface area contributed by atoms with Gasteiger partial charge in [-0.25, -0.2) is 4.98 Å². The highest BCUT2D eigenvalue weighted by atomic mass is 79.9. The summed E-state index contributed by atoms with van der Waals surface area (Å²) in [5, 5.41) is 9.65. The van der Waals surface area contributed by atoms with Gasteiger partial charge in [0.2, 0.25) is 0 Å². The molecule has 4 nitrogen and oxygen atoms in total. The molecular formula is C23H20BrN3O. The third kappa shape index (κ3) is 3.74. The predicted octanol–water partition coefficient (Wildman–Crippen LogP) is 5.42. The zero-order chi connectivity index (χ0) is 19.5. The maximum Gasteiger partial charge on any atom is 0.142 e. The van der Waals surface area contributed by atoms with Crippen molar-refractivity contribution >= 4 is 21.7 Å². The fourth-order valence-electron chi connectivity index (χ4n) is 3.66. The van der Waals surface area contributed by atoms with Gasteiger partial charge in [0, 0.05) is 15.7 Å². The largest absolute Gasteiger partial charge is 0.489 e. The highest BCUT2D eigenvalue weighted by Gasteiger charge is 2.21. The second-order valence-electron chi connectivity index (χ2n) is 6.93. The quantitative estimate of drug-likeness (QED) is 0.595. The molecule has 28 heavy (non-hydrogen) atoms. The van der Waals surface area contributed by atoms with Gasteiger partial charge >= 0.3 is 0 Å². The van der Waals surface area contributed by atoms with Crippen molar-refractivity contribution in [3.8, 4) is 22.9 Å². The molecule has 1 aromatic heterocycles. The van der Waals surface area contributed by atoms with Crippen LogP contribution >= 0.6 is 15.9 Å². The van der Waals surface area contributed by atoms with Crippen LogP contribution < -0.4 is 10.5 Å². The van der Waals surface area contributed by atoms with Gasteiger partial charge in [-0.15, -0.1) is 0 Å². The molecule has 3 aromatic rings. The van der Waals surface area contributed by atoms with Crippen molar-refractivity contribution in [3.63, 3.8) is 0 Å². The molecule has 0 aliphatic heterocycles. The minimum absolute atomic E-state index is 0.328. The Kier molecular flexibility index (Phi) is 5.31. The lowest BCUT2D eigenvalue weighted by Gasteiger charge is -2.21. The first-order valence-electron chi connectivity index (χ1n) is 9.34. The van der Waals surface area contributed by atoms with Crippen LogP contribution in [0.1, 0.15) is 35.2 Å². The lowest BCUT2D eigenvalue weighted by molar-refractivity contribution is 0.306. The molecule has 0 atom stereocenters. The number of aromatic nitrogens is 1. The van der Waals surface area contributed by atoms with Crippen LogP contribution in [0.25, 0.3) is 11.1 Å². The monoisotopic (exact) mass is 433 g/mol. The van der Waals surface area contributed by atoms with Crippen molar-refractivity contribution in [2.75, 3.05) is 5.73 Å². The van der Waals surface area contributed by atoms with Crippen LogP contribution in [0.2, 0.25) is 0 Å². The number of nitrogens with two attached hydrogens (primary N) is 1. The second kappa shape index (κ2) is 8.04. The van der Waals surface area contributed by atoms with Crippen LogP contribution in [0.3, 0.4) is 0 Å². The normalized spacial score (nSPS) is 12.9. The van der Waals surface area contributed by atoms with E-state index in [0.29, 0.717) is 18.0 Å². The first kappa shape index (κ1) is 18.5. The molecule has 2 aromatic carbocycles. The molecule has 4 rings (SSSR count). The van der Waals surface area contributed by atoms with E-state index < -0.39 is 0 Å². The molecule has 5 heteroatoms. The fraction of sp³-hybridized carbons (Fsp3) is 0.217. The molecule has 0 fully saturated rings. The Morgan fingerprint density at radius 2 is 1.75 bits per heavy atom. The number of benzene rings is 2. The third-order valence-electron chi connectivity index (χ3n) is 5.08. The first-order chi connectivity index (χ1) is 13.7. The van der Waals surface area contributed by atoms with Gasteiger partial charge in [0.15, 0.2) is 0 Å². The number of hydrogen-bond donors (Lipinski definition) is 1. The topological polar surface area (TPSA) is 71.9 Å². The fourth-order valence-corrected chi connectivity index (χ4v) is 3.92. The number of nitriles is 1. The standard InChI is InChI=1S/C23H20BrN3O/c24-17-9-5-15(6-10-17)14-28-18-11-7-16(8-12-18)22-19-3-1-2-4-21(19)27-23(26)20(22)13-25/h5-12H,1-4,14H2,(H2,26,27). The van der Waals surface area contributed by atoms with Gasteiger partial charge in [-0.2, -0.15) is 5.26 Å². The summed E-state index contributed by atoms with van der Waals surface area (Å²) in [6, 6.07) is 18.2. The number of ether oxygens (including phenoxy) is 1. The molecule has 2 N–H and O–H groups in total. The van der Waals surface area contributed by atoms with Crippen molar-refractivity contribution in [2.24, 2.45) is 0 Å². The van der Waals surface area contributed by atoms with Crippen LogP contribution in [0, 0.1) is 11.3 Å². The van der Waals surface area contributed by atoms with E-state index in [1.54, 1.807) is 0 Å². The van der Waals surface area contributed by atoms with E-state index in [4.69, 9.17) is 10.5 Å².